The second kappa shape index (κ2) is 12.1. The van der Waals surface area contributed by atoms with Crippen LogP contribution in [0.4, 0.5) is 5.69 Å². The number of benzene rings is 3. The van der Waals surface area contributed by atoms with E-state index in [9.17, 15) is 13.2 Å². The first-order valence-corrected chi connectivity index (χ1v) is 14.8. The monoisotopic (exact) mass is 616 g/mol. The Bertz CT molecular complexity index is 1720. The van der Waals surface area contributed by atoms with E-state index in [1.54, 1.807) is 42.5 Å². The van der Waals surface area contributed by atoms with Crippen molar-refractivity contribution in [2.75, 3.05) is 10.8 Å². The molecule has 0 aliphatic heterocycles. The fourth-order valence-electron chi connectivity index (χ4n) is 4.18. The summed E-state index contributed by atoms with van der Waals surface area (Å²) in [5, 5.41) is 5.56. The van der Waals surface area contributed by atoms with E-state index in [4.69, 9.17) is 34.8 Å². The SMILES string of the molecule is Cc1ccc(S(=O)(=O)N(CC(=O)N/N=C/c2cc(C)n(-c3cc(Cl)ccc3Cl)c2C)c2ccc(C)c(Cl)c2)cc1. The minimum absolute atomic E-state index is 0.0539. The van der Waals surface area contributed by atoms with Crippen LogP contribution in [0.3, 0.4) is 0 Å². The van der Waals surface area contributed by atoms with Crippen molar-refractivity contribution in [1.82, 2.24) is 9.99 Å². The van der Waals surface area contributed by atoms with E-state index in [0.29, 0.717) is 15.1 Å². The quantitative estimate of drug-likeness (QED) is 0.170. The van der Waals surface area contributed by atoms with Gasteiger partial charge in [-0.1, -0.05) is 58.6 Å². The first kappa shape index (κ1) is 29.7. The molecule has 208 valence electrons. The van der Waals surface area contributed by atoms with Crippen LogP contribution in [-0.2, 0) is 14.8 Å². The van der Waals surface area contributed by atoms with Gasteiger partial charge in [-0.25, -0.2) is 13.8 Å². The summed E-state index contributed by atoms with van der Waals surface area (Å²) in [6.45, 7) is 6.97. The average Bonchev–Trinajstić information content (AvgIpc) is 3.18. The highest BCUT2D eigenvalue weighted by Crippen LogP contribution is 2.30. The van der Waals surface area contributed by atoms with Crippen LogP contribution in [-0.4, -0.2) is 31.7 Å². The van der Waals surface area contributed by atoms with Crippen molar-refractivity contribution in [3.63, 3.8) is 0 Å². The summed E-state index contributed by atoms with van der Waals surface area (Å²) < 4.78 is 30.1. The smallest absolute Gasteiger partial charge is 0.264 e. The van der Waals surface area contributed by atoms with E-state index in [0.717, 1.165) is 38.1 Å². The van der Waals surface area contributed by atoms with E-state index in [2.05, 4.69) is 10.5 Å². The van der Waals surface area contributed by atoms with Crippen LogP contribution in [0.15, 0.2) is 76.7 Å². The number of aryl methyl sites for hydroxylation is 3. The summed E-state index contributed by atoms with van der Waals surface area (Å²) in [4.78, 5) is 13.0. The number of aromatic nitrogens is 1. The van der Waals surface area contributed by atoms with Gasteiger partial charge >= 0.3 is 0 Å². The summed E-state index contributed by atoms with van der Waals surface area (Å²) in [5.74, 6) is -0.629. The van der Waals surface area contributed by atoms with Crippen LogP contribution in [0.1, 0.15) is 28.1 Å². The molecule has 3 aromatic carbocycles. The van der Waals surface area contributed by atoms with Crippen molar-refractivity contribution in [3.8, 4) is 5.69 Å². The standard InChI is InChI=1S/C29H27Cl3N4O3S/c1-18-5-10-25(11-6-18)40(38,39)35(24-9-7-19(2)27(32)15-24)17-29(37)34-33-16-22-13-20(3)36(21(22)4)28-14-23(30)8-12-26(28)31/h5-16H,17H2,1-4H3,(H,34,37)/b33-16+. The van der Waals surface area contributed by atoms with Gasteiger partial charge in [-0.2, -0.15) is 5.10 Å². The van der Waals surface area contributed by atoms with Crippen LogP contribution in [0, 0.1) is 27.7 Å². The first-order chi connectivity index (χ1) is 18.9. The maximum absolute atomic E-state index is 13.6. The van der Waals surface area contributed by atoms with Crippen molar-refractivity contribution in [2.45, 2.75) is 32.6 Å². The van der Waals surface area contributed by atoms with Crippen LogP contribution in [0.25, 0.3) is 5.69 Å². The van der Waals surface area contributed by atoms with E-state index < -0.39 is 22.5 Å². The van der Waals surface area contributed by atoms with Crippen molar-refractivity contribution < 1.29 is 13.2 Å². The average molecular weight is 618 g/mol. The topological polar surface area (TPSA) is 83.8 Å². The van der Waals surface area contributed by atoms with Gasteiger partial charge in [0.15, 0.2) is 0 Å². The summed E-state index contributed by atoms with van der Waals surface area (Å²) in [6.07, 6.45) is 1.50. The number of rotatable bonds is 8. The molecule has 7 nitrogen and oxygen atoms in total. The third kappa shape index (κ3) is 6.36. The Labute approximate surface area is 249 Å². The predicted molar refractivity (Wildman–Crippen MR) is 163 cm³/mol. The maximum atomic E-state index is 13.6. The molecule has 0 saturated carbocycles. The normalized spacial score (nSPS) is 11.7. The Morgan fingerprint density at radius 2 is 1.62 bits per heavy atom. The maximum Gasteiger partial charge on any atom is 0.264 e. The zero-order valence-corrected chi connectivity index (χ0v) is 25.3. The predicted octanol–water partition coefficient (Wildman–Crippen LogP) is 7.02. The molecule has 4 rings (SSSR count). The number of carbonyl (C=O) groups is 1. The number of halogens is 3. The number of carbonyl (C=O) groups excluding carboxylic acids is 1. The van der Waals surface area contributed by atoms with Crippen molar-refractivity contribution in [1.29, 1.82) is 0 Å². The number of amides is 1. The Kier molecular flexibility index (Phi) is 8.95. The molecule has 0 bridgehead atoms. The summed E-state index contributed by atoms with van der Waals surface area (Å²) >= 11 is 18.9. The van der Waals surface area contributed by atoms with Crippen LogP contribution in [0.5, 0.6) is 0 Å². The van der Waals surface area contributed by atoms with Gasteiger partial charge in [-0.3, -0.25) is 9.10 Å². The highest BCUT2D eigenvalue weighted by atomic mass is 35.5. The Morgan fingerprint density at radius 1 is 0.925 bits per heavy atom. The summed E-state index contributed by atoms with van der Waals surface area (Å²) in [6, 6.07) is 18.3. The van der Waals surface area contributed by atoms with Crippen LogP contribution < -0.4 is 9.73 Å². The lowest BCUT2D eigenvalue weighted by Crippen LogP contribution is -2.39. The molecule has 40 heavy (non-hydrogen) atoms. The van der Waals surface area contributed by atoms with Gasteiger partial charge in [0.25, 0.3) is 15.9 Å². The van der Waals surface area contributed by atoms with E-state index in [1.807, 2.05) is 38.3 Å². The lowest BCUT2D eigenvalue weighted by Gasteiger charge is -2.24. The number of nitrogens with one attached hydrogen (secondary N) is 1. The molecule has 0 radical (unpaired) electrons. The Morgan fingerprint density at radius 3 is 2.30 bits per heavy atom. The van der Waals surface area contributed by atoms with E-state index >= 15 is 0 Å². The van der Waals surface area contributed by atoms with Gasteiger partial charge in [-0.05, 0) is 81.8 Å². The van der Waals surface area contributed by atoms with Gasteiger partial charge in [-0.15, -0.1) is 0 Å². The summed E-state index contributed by atoms with van der Waals surface area (Å²) in [5.41, 5.74) is 7.58. The molecule has 4 aromatic rings. The number of anilines is 1. The van der Waals surface area contributed by atoms with Crippen molar-refractivity contribution in [3.05, 3.63) is 110 Å². The molecule has 1 amide bonds. The molecular weight excluding hydrogens is 591 g/mol. The molecule has 1 aromatic heterocycles. The molecule has 0 aliphatic rings. The second-order valence-electron chi connectivity index (χ2n) is 9.31. The van der Waals surface area contributed by atoms with Gasteiger partial charge in [0.2, 0.25) is 0 Å². The minimum atomic E-state index is -4.08. The molecule has 0 fully saturated rings. The fourth-order valence-corrected chi connectivity index (χ4v) is 6.13. The van der Waals surface area contributed by atoms with E-state index in [1.165, 1.54) is 24.4 Å². The van der Waals surface area contributed by atoms with E-state index in [-0.39, 0.29) is 10.6 Å². The largest absolute Gasteiger partial charge is 0.316 e. The third-order valence-electron chi connectivity index (χ3n) is 6.35. The summed E-state index contributed by atoms with van der Waals surface area (Å²) in [7, 11) is -4.08. The number of hydrogen-bond donors (Lipinski definition) is 1. The lowest BCUT2D eigenvalue weighted by molar-refractivity contribution is -0.119. The Balaban J connectivity index is 1.58. The first-order valence-electron chi connectivity index (χ1n) is 12.2. The zero-order chi connectivity index (χ0) is 29.2. The van der Waals surface area contributed by atoms with Gasteiger partial charge in [0, 0.05) is 27.0 Å². The number of hydrogen-bond acceptors (Lipinski definition) is 4. The number of hydrazone groups is 1. The molecule has 0 saturated heterocycles. The molecule has 0 spiro atoms. The molecule has 1 heterocycles. The van der Waals surface area contributed by atoms with Crippen molar-refractivity contribution in [2.24, 2.45) is 5.10 Å². The highest BCUT2D eigenvalue weighted by molar-refractivity contribution is 7.92. The highest BCUT2D eigenvalue weighted by Gasteiger charge is 2.27. The number of nitrogens with zero attached hydrogens (tertiary/aromatic N) is 3. The molecule has 0 unspecified atom stereocenters. The molecular formula is C29H27Cl3N4O3S. The second-order valence-corrected chi connectivity index (χ2v) is 12.4. The fraction of sp³-hybridized carbons (Fsp3) is 0.172. The van der Waals surface area contributed by atoms with Crippen LogP contribution >= 0.6 is 34.8 Å². The third-order valence-corrected chi connectivity index (χ3v) is 9.10. The van der Waals surface area contributed by atoms with Crippen LogP contribution in [0.2, 0.25) is 15.1 Å². The van der Waals surface area contributed by atoms with Gasteiger partial charge in [0.05, 0.1) is 27.5 Å². The lowest BCUT2D eigenvalue weighted by atomic mass is 10.2. The molecule has 11 heteroatoms. The molecule has 1 N–H and O–H groups in total. The zero-order valence-electron chi connectivity index (χ0n) is 22.2. The number of sulfonamides is 1. The minimum Gasteiger partial charge on any atom is -0.316 e. The molecule has 0 atom stereocenters. The Hall–Kier alpha value is -3.30. The van der Waals surface area contributed by atoms with Gasteiger partial charge < -0.3 is 4.57 Å². The van der Waals surface area contributed by atoms with Crippen molar-refractivity contribution >= 4 is 62.6 Å². The molecule has 0 aliphatic carbocycles. The van der Waals surface area contributed by atoms with Gasteiger partial charge in [0.1, 0.15) is 6.54 Å².